The maximum atomic E-state index is 11.8. The Morgan fingerprint density at radius 1 is 1.15 bits per heavy atom. The molecular weight excluding hydrogens is 548 g/mol. The molecule has 0 aromatic carbocycles. The van der Waals surface area contributed by atoms with E-state index in [2.05, 4.69) is 37.2 Å². The van der Waals surface area contributed by atoms with E-state index in [1.165, 1.54) is 25.7 Å². The first kappa shape index (κ1) is 25.7. The van der Waals surface area contributed by atoms with E-state index in [0.29, 0.717) is 16.6 Å². The lowest BCUT2D eigenvalue weighted by atomic mass is 9.83. The third-order valence-corrected chi connectivity index (χ3v) is 9.44. The second-order valence-electron chi connectivity index (χ2n) is 11.1. The molecule has 2 aliphatic heterocycles. The second kappa shape index (κ2) is 10.6. The van der Waals surface area contributed by atoms with Crippen LogP contribution in [-0.2, 0) is 11.4 Å². The summed E-state index contributed by atoms with van der Waals surface area (Å²) in [5.41, 5.74) is 6.64. The number of thiazole rings is 1. The number of pyridine rings is 2. The van der Waals surface area contributed by atoms with Crippen molar-refractivity contribution in [2.24, 2.45) is 11.8 Å². The molecule has 1 amide bonds. The lowest BCUT2D eigenvalue weighted by Gasteiger charge is -2.30. The number of aromatic nitrogens is 5. The number of hydroxylamine groups is 1. The van der Waals surface area contributed by atoms with Crippen LogP contribution >= 0.6 is 22.9 Å². The maximum absolute atomic E-state index is 11.8. The van der Waals surface area contributed by atoms with Crippen LogP contribution in [0.2, 0.25) is 5.02 Å². The predicted molar refractivity (Wildman–Crippen MR) is 154 cm³/mol. The maximum Gasteiger partial charge on any atom is 0.427 e. The molecule has 2 atom stereocenters. The highest BCUT2D eigenvalue weighted by atomic mass is 35.5. The van der Waals surface area contributed by atoms with Crippen LogP contribution in [0.5, 0.6) is 0 Å². The summed E-state index contributed by atoms with van der Waals surface area (Å²) in [6.07, 6.45) is 11.2. The molecule has 0 bridgehead atoms. The van der Waals surface area contributed by atoms with E-state index < -0.39 is 12.3 Å². The third kappa shape index (κ3) is 4.80. The molecule has 0 radical (unpaired) electrons. The number of fused-ring (bicyclic) bond motifs is 1. The molecule has 1 saturated carbocycles. The van der Waals surface area contributed by atoms with Gasteiger partial charge in [0.25, 0.3) is 0 Å². The van der Waals surface area contributed by atoms with E-state index in [1.807, 2.05) is 23.7 Å². The van der Waals surface area contributed by atoms with Crippen LogP contribution in [0.15, 0.2) is 36.1 Å². The van der Waals surface area contributed by atoms with Crippen LogP contribution in [0.25, 0.3) is 22.3 Å². The first-order valence-electron chi connectivity index (χ1n) is 13.9. The molecule has 40 heavy (non-hydrogen) atoms. The molecule has 4 aromatic heterocycles. The Balaban J connectivity index is 1.42. The fraction of sp³-hybridized carbons (Fsp3) is 0.464. The largest absolute Gasteiger partial charge is 0.427 e. The summed E-state index contributed by atoms with van der Waals surface area (Å²) in [7, 11) is 0. The zero-order valence-electron chi connectivity index (χ0n) is 22.2. The van der Waals surface area contributed by atoms with Gasteiger partial charge in [0, 0.05) is 42.6 Å². The highest BCUT2D eigenvalue weighted by Crippen LogP contribution is 2.41. The average Bonchev–Trinajstić information content (AvgIpc) is 3.76. The van der Waals surface area contributed by atoms with Gasteiger partial charge in [0.2, 0.25) is 5.95 Å². The first-order chi connectivity index (χ1) is 19.5. The minimum absolute atomic E-state index is 0.190. The van der Waals surface area contributed by atoms with Crippen molar-refractivity contribution < 1.29 is 9.63 Å². The zero-order valence-corrected chi connectivity index (χ0v) is 23.8. The first-order valence-corrected chi connectivity index (χ1v) is 15.2. The molecule has 4 aromatic rings. The molecule has 3 aliphatic rings. The van der Waals surface area contributed by atoms with Gasteiger partial charge in [-0.1, -0.05) is 31.4 Å². The SMILES string of the molecule is CC1CCC(Cn2c(N3CCCC3c3nccs3)nc3cc(C4NOC(=O)N4)nc(-c4cncc(Cl)c4)c32)CC1. The van der Waals surface area contributed by atoms with Crippen molar-refractivity contribution >= 4 is 46.0 Å². The molecule has 12 heteroatoms. The monoisotopic (exact) mass is 578 g/mol. The predicted octanol–water partition coefficient (Wildman–Crippen LogP) is 6.01. The van der Waals surface area contributed by atoms with E-state index in [-0.39, 0.29) is 6.04 Å². The Bertz CT molecular complexity index is 1530. The van der Waals surface area contributed by atoms with Crippen molar-refractivity contribution in [3.63, 3.8) is 0 Å². The number of carbonyl (C=O) groups is 1. The van der Waals surface area contributed by atoms with Crippen LogP contribution in [0.4, 0.5) is 10.7 Å². The van der Waals surface area contributed by atoms with Crippen LogP contribution in [0, 0.1) is 11.8 Å². The van der Waals surface area contributed by atoms with Crippen molar-refractivity contribution in [2.45, 2.75) is 64.2 Å². The van der Waals surface area contributed by atoms with Gasteiger partial charge in [0.05, 0.1) is 33.5 Å². The van der Waals surface area contributed by atoms with Gasteiger partial charge in [-0.15, -0.1) is 16.8 Å². The van der Waals surface area contributed by atoms with Crippen molar-refractivity contribution in [1.29, 1.82) is 0 Å². The quantitative estimate of drug-likeness (QED) is 0.286. The van der Waals surface area contributed by atoms with E-state index >= 15 is 0 Å². The lowest BCUT2D eigenvalue weighted by molar-refractivity contribution is 0.121. The summed E-state index contributed by atoms with van der Waals surface area (Å²) in [6.45, 7) is 4.13. The van der Waals surface area contributed by atoms with Crippen LogP contribution < -0.4 is 15.7 Å². The Kier molecular flexibility index (Phi) is 6.81. The fourth-order valence-electron chi connectivity index (χ4n) is 6.30. The second-order valence-corrected chi connectivity index (χ2v) is 12.5. The molecule has 7 rings (SSSR count). The van der Waals surface area contributed by atoms with Gasteiger partial charge in [0.1, 0.15) is 5.01 Å². The zero-order chi connectivity index (χ0) is 27.2. The summed E-state index contributed by atoms with van der Waals surface area (Å²) in [4.78, 5) is 38.6. The summed E-state index contributed by atoms with van der Waals surface area (Å²) < 4.78 is 2.38. The van der Waals surface area contributed by atoms with Crippen molar-refractivity contribution in [2.75, 3.05) is 11.4 Å². The smallest absolute Gasteiger partial charge is 0.351 e. The Hall–Kier alpha value is -3.28. The van der Waals surface area contributed by atoms with Gasteiger partial charge in [-0.2, -0.15) is 0 Å². The van der Waals surface area contributed by atoms with Crippen molar-refractivity contribution in [3.05, 3.63) is 51.8 Å². The summed E-state index contributed by atoms with van der Waals surface area (Å²) in [6, 6.07) is 4.01. The molecule has 1 aliphatic carbocycles. The Morgan fingerprint density at radius 3 is 2.77 bits per heavy atom. The molecule has 2 saturated heterocycles. The normalized spacial score (nSPS) is 24.9. The highest BCUT2D eigenvalue weighted by molar-refractivity contribution is 7.09. The number of imidazole rings is 1. The minimum atomic E-state index is -0.592. The number of amides is 1. The van der Waals surface area contributed by atoms with Crippen LogP contribution in [0.1, 0.15) is 68.4 Å². The highest BCUT2D eigenvalue weighted by Gasteiger charge is 2.34. The number of nitrogens with one attached hydrogen (secondary N) is 2. The summed E-state index contributed by atoms with van der Waals surface area (Å²) in [5, 5.41) is 6.47. The number of hydrogen-bond donors (Lipinski definition) is 2. The van der Waals surface area contributed by atoms with E-state index in [0.717, 1.165) is 65.1 Å². The number of carbonyl (C=O) groups excluding carboxylic acids is 1. The van der Waals surface area contributed by atoms with Gasteiger partial charge < -0.3 is 14.3 Å². The minimum Gasteiger partial charge on any atom is -0.351 e. The lowest BCUT2D eigenvalue weighted by Crippen LogP contribution is -2.27. The number of halogens is 1. The van der Waals surface area contributed by atoms with Gasteiger partial charge in [-0.25, -0.2) is 19.7 Å². The van der Waals surface area contributed by atoms with Crippen molar-refractivity contribution in [1.82, 2.24) is 35.3 Å². The Morgan fingerprint density at radius 2 is 2.02 bits per heavy atom. The Labute approximate surface area is 241 Å². The van der Waals surface area contributed by atoms with Gasteiger partial charge >= 0.3 is 6.09 Å². The van der Waals surface area contributed by atoms with E-state index in [1.54, 1.807) is 23.7 Å². The molecule has 6 heterocycles. The molecule has 0 spiro atoms. The fourth-order valence-corrected chi connectivity index (χ4v) is 7.26. The third-order valence-electron chi connectivity index (χ3n) is 8.35. The molecule has 2 N–H and O–H groups in total. The number of rotatable bonds is 6. The number of nitrogens with zero attached hydrogens (tertiary/aromatic N) is 6. The molecular formula is C28H31ClN8O2S. The van der Waals surface area contributed by atoms with Crippen LogP contribution in [-0.4, -0.2) is 37.1 Å². The average molecular weight is 579 g/mol. The topological polar surface area (TPSA) is 110 Å². The summed E-state index contributed by atoms with van der Waals surface area (Å²) >= 11 is 8.11. The van der Waals surface area contributed by atoms with Gasteiger partial charge in [-0.3, -0.25) is 10.3 Å². The standard InChI is InChI=1S/C28H31ClN8O2S/c1-16-4-6-17(7-5-16)15-37-24-20(33-27(37)36-9-2-3-22(36)26-31-8-10-40-26)12-21(25-34-28(38)39-35-25)32-23(24)18-11-19(29)14-30-13-18/h8,10-14,16-17,22,25,35H,2-7,9,15H2,1H3,(H,34,38). The number of anilines is 1. The molecule has 3 fully saturated rings. The molecule has 2 unspecified atom stereocenters. The molecule has 208 valence electrons. The molecule has 10 nitrogen and oxygen atoms in total. The van der Waals surface area contributed by atoms with Crippen LogP contribution in [0.3, 0.4) is 0 Å². The van der Waals surface area contributed by atoms with E-state index in [9.17, 15) is 4.79 Å². The van der Waals surface area contributed by atoms with Gasteiger partial charge in [-0.05, 0) is 49.7 Å². The van der Waals surface area contributed by atoms with Crippen molar-refractivity contribution in [3.8, 4) is 11.3 Å². The summed E-state index contributed by atoms with van der Waals surface area (Å²) in [5.74, 6) is 2.28. The van der Waals surface area contributed by atoms with E-state index in [4.69, 9.17) is 26.4 Å². The number of hydrogen-bond acceptors (Lipinski definition) is 9. The van der Waals surface area contributed by atoms with Gasteiger partial charge in [0.15, 0.2) is 6.17 Å².